The van der Waals surface area contributed by atoms with Gasteiger partial charge < -0.3 is 10.6 Å². The minimum absolute atomic E-state index is 0.128. The average molecular weight is 277 g/mol. The van der Waals surface area contributed by atoms with Gasteiger partial charge in [0.1, 0.15) is 12.7 Å². The first-order valence-corrected chi connectivity index (χ1v) is 7.48. The van der Waals surface area contributed by atoms with Gasteiger partial charge >= 0.3 is 0 Å². The van der Waals surface area contributed by atoms with E-state index in [0.717, 1.165) is 45.3 Å². The molecule has 2 unspecified atom stereocenters. The largest absolute Gasteiger partial charge is 0.341 e. The summed E-state index contributed by atoms with van der Waals surface area (Å²) in [5.74, 6) is 0.957. The summed E-state index contributed by atoms with van der Waals surface area (Å²) in [5, 5.41) is 4.14. The third-order valence-corrected chi connectivity index (χ3v) is 4.60. The highest BCUT2D eigenvalue weighted by atomic mass is 16.2. The molecule has 1 aliphatic heterocycles. The van der Waals surface area contributed by atoms with Gasteiger partial charge in [-0.15, -0.1) is 0 Å². The Labute approximate surface area is 119 Å². The van der Waals surface area contributed by atoms with Crippen molar-refractivity contribution in [3.63, 3.8) is 0 Å². The Hall–Kier alpha value is -1.43. The summed E-state index contributed by atoms with van der Waals surface area (Å²) < 4.78 is 1.85. The molecule has 2 aliphatic rings. The molecule has 6 heteroatoms. The van der Waals surface area contributed by atoms with Crippen molar-refractivity contribution >= 4 is 5.91 Å². The molecular weight excluding hydrogens is 254 g/mol. The molecular formula is C14H23N5O. The molecule has 110 valence electrons. The van der Waals surface area contributed by atoms with Gasteiger partial charge in [-0.2, -0.15) is 5.10 Å². The number of amides is 1. The second-order valence-corrected chi connectivity index (χ2v) is 6.43. The minimum Gasteiger partial charge on any atom is -0.341 e. The summed E-state index contributed by atoms with van der Waals surface area (Å²) in [6, 6.07) is 0. The first-order chi connectivity index (χ1) is 9.57. The van der Waals surface area contributed by atoms with Gasteiger partial charge in [0, 0.05) is 19.6 Å². The maximum atomic E-state index is 12.6. The van der Waals surface area contributed by atoms with Crippen LogP contribution in [0.3, 0.4) is 0 Å². The van der Waals surface area contributed by atoms with Crippen LogP contribution < -0.4 is 5.73 Å². The molecule has 1 saturated heterocycles. The van der Waals surface area contributed by atoms with E-state index >= 15 is 0 Å². The molecule has 0 aromatic carbocycles. The molecule has 6 nitrogen and oxygen atoms in total. The van der Waals surface area contributed by atoms with Crippen LogP contribution in [0.25, 0.3) is 0 Å². The highest BCUT2D eigenvalue weighted by Gasteiger charge is 2.46. The Morgan fingerprint density at radius 1 is 1.45 bits per heavy atom. The Kier molecular flexibility index (Phi) is 3.50. The van der Waals surface area contributed by atoms with Crippen LogP contribution in [0.4, 0.5) is 0 Å². The molecule has 1 aliphatic carbocycles. The van der Waals surface area contributed by atoms with E-state index in [9.17, 15) is 4.79 Å². The van der Waals surface area contributed by atoms with E-state index in [2.05, 4.69) is 10.1 Å². The zero-order chi connectivity index (χ0) is 14.2. The number of piperidine rings is 1. The lowest BCUT2D eigenvalue weighted by Crippen LogP contribution is -2.57. The van der Waals surface area contributed by atoms with E-state index in [1.54, 1.807) is 12.7 Å². The van der Waals surface area contributed by atoms with Crippen LogP contribution in [0, 0.1) is 11.8 Å². The third kappa shape index (κ3) is 2.70. The summed E-state index contributed by atoms with van der Waals surface area (Å²) in [4.78, 5) is 18.5. The number of carbonyl (C=O) groups excluding carboxylic acids is 1. The zero-order valence-corrected chi connectivity index (χ0v) is 12.0. The van der Waals surface area contributed by atoms with Crippen molar-refractivity contribution in [2.24, 2.45) is 17.6 Å². The van der Waals surface area contributed by atoms with E-state index in [0.29, 0.717) is 11.8 Å². The average Bonchev–Trinajstić information content (AvgIpc) is 3.19. The highest BCUT2D eigenvalue weighted by Crippen LogP contribution is 2.39. The normalized spacial score (nSPS) is 26.3. The zero-order valence-electron chi connectivity index (χ0n) is 12.0. The fraction of sp³-hybridized carbons (Fsp3) is 0.786. The van der Waals surface area contributed by atoms with Gasteiger partial charge in [-0.1, -0.05) is 0 Å². The van der Waals surface area contributed by atoms with Crippen molar-refractivity contribution in [3.05, 3.63) is 12.7 Å². The maximum absolute atomic E-state index is 12.6. The molecule has 3 rings (SSSR count). The Morgan fingerprint density at radius 2 is 2.25 bits per heavy atom. The van der Waals surface area contributed by atoms with Gasteiger partial charge in [-0.25, -0.2) is 4.98 Å². The van der Waals surface area contributed by atoms with Crippen molar-refractivity contribution in [3.8, 4) is 0 Å². The molecule has 1 amide bonds. The SMILES string of the molecule is CC(N)(C(=O)N1CCCC(Cn2cncn2)C1)C1CC1. The molecule has 1 saturated carbocycles. The van der Waals surface area contributed by atoms with Crippen molar-refractivity contribution in [1.82, 2.24) is 19.7 Å². The van der Waals surface area contributed by atoms with Crippen molar-refractivity contribution in [2.45, 2.75) is 44.7 Å². The second-order valence-electron chi connectivity index (χ2n) is 6.43. The Balaban J connectivity index is 1.61. The summed E-state index contributed by atoms with van der Waals surface area (Å²) in [6.45, 7) is 4.35. The van der Waals surface area contributed by atoms with E-state index in [1.807, 2.05) is 16.5 Å². The number of nitrogens with zero attached hydrogens (tertiary/aromatic N) is 4. The van der Waals surface area contributed by atoms with Crippen LogP contribution in [-0.2, 0) is 11.3 Å². The number of rotatable bonds is 4. The Bertz CT molecular complexity index is 466. The Morgan fingerprint density at radius 3 is 2.90 bits per heavy atom. The summed E-state index contributed by atoms with van der Waals surface area (Å²) in [7, 11) is 0. The lowest BCUT2D eigenvalue weighted by Gasteiger charge is -2.37. The quantitative estimate of drug-likeness (QED) is 0.876. The first-order valence-electron chi connectivity index (χ1n) is 7.48. The van der Waals surface area contributed by atoms with Crippen LogP contribution in [0.5, 0.6) is 0 Å². The monoisotopic (exact) mass is 277 g/mol. The number of hydrogen-bond acceptors (Lipinski definition) is 4. The lowest BCUT2D eigenvalue weighted by atomic mass is 9.92. The summed E-state index contributed by atoms with van der Waals surface area (Å²) in [6.07, 6.45) is 7.65. The number of hydrogen-bond donors (Lipinski definition) is 1. The van der Waals surface area contributed by atoms with Crippen LogP contribution in [0.1, 0.15) is 32.6 Å². The van der Waals surface area contributed by atoms with Gasteiger partial charge in [-0.3, -0.25) is 9.48 Å². The van der Waals surface area contributed by atoms with Gasteiger partial charge in [0.05, 0.1) is 5.54 Å². The first kappa shape index (κ1) is 13.5. The smallest absolute Gasteiger partial charge is 0.242 e. The number of carbonyl (C=O) groups is 1. The molecule has 2 fully saturated rings. The fourth-order valence-corrected chi connectivity index (χ4v) is 3.19. The van der Waals surface area contributed by atoms with Gasteiger partial charge in [-0.05, 0) is 44.4 Å². The number of nitrogens with two attached hydrogens (primary N) is 1. The van der Waals surface area contributed by atoms with Gasteiger partial charge in [0.2, 0.25) is 5.91 Å². The predicted octanol–water partition coefficient (Wildman–Crippen LogP) is 0.644. The lowest BCUT2D eigenvalue weighted by molar-refractivity contribution is -0.139. The molecule has 1 aromatic rings. The molecule has 1 aromatic heterocycles. The minimum atomic E-state index is -0.671. The standard InChI is InChI=1S/C14H23N5O/c1-14(15,12-4-5-12)13(20)18-6-2-3-11(7-18)8-19-10-16-9-17-19/h9-12H,2-8,15H2,1H3. The van der Waals surface area contributed by atoms with Crippen molar-refractivity contribution in [1.29, 1.82) is 0 Å². The van der Waals surface area contributed by atoms with E-state index in [-0.39, 0.29) is 5.91 Å². The molecule has 0 bridgehead atoms. The fourth-order valence-electron chi connectivity index (χ4n) is 3.19. The molecule has 0 radical (unpaired) electrons. The van der Waals surface area contributed by atoms with Crippen molar-refractivity contribution in [2.75, 3.05) is 13.1 Å². The number of aromatic nitrogens is 3. The molecule has 2 N–H and O–H groups in total. The maximum Gasteiger partial charge on any atom is 0.242 e. The highest BCUT2D eigenvalue weighted by molar-refractivity contribution is 5.86. The van der Waals surface area contributed by atoms with Crippen molar-refractivity contribution < 1.29 is 4.79 Å². The number of likely N-dealkylation sites (tertiary alicyclic amines) is 1. The van der Waals surface area contributed by atoms with E-state index in [1.165, 1.54) is 0 Å². The van der Waals surface area contributed by atoms with Crippen LogP contribution in [0.2, 0.25) is 0 Å². The van der Waals surface area contributed by atoms with Crippen LogP contribution >= 0.6 is 0 Å². The molecule has 2 heterocycles. The predicted molar refractivity (Wildman–Crippen MR) is 74.6 cm³/mol. The second kappa shape index (κ2) is 5.16. The molecule has 2 atom stereocenters. The molecule has 20 heavy (non-hydrogen) atoms. The van der Waals surface area contributed by atoms with Crippen LogP contribution in [-0.4, -0.2) is 44.2 Å². The van der Waals surface area contributed by atoms with Gasteiger partial charge in [0.25, 0.3) is 0 Å². The van der Waals surface area contributed by atoms with Crippen LogP contribution in [0.15, 0.2) is 12.7 Å². The van der Waals surface area contributed by atoms with E-state index < -0.39 is 5.54 Å². The van der Waals surface area contributed by atoms with Gasteiger partial charge in [0.15, 0.2) is 0 Å². The third-order valence-electron chi connectivity index (χ3n) is 4.60. The molecule has 0 spiro atoms. The summed E-state index contributed by atoms with van der Waals surface area (Å²) >= 11 is 0. The summed E-state index contributed by atoms with van der Waals surface area (Å²) in [5.41, 5.74) is 5.59. The topological polar surface area (TPSA) is 77.0 Å². The van der Waals surface area contributed by atoms with E-state index in [4.69, 9.17) is 5.73 Å².